The van der Waals surface area contributed by atoms with Gasteiger partial charge in [-0.3, -0.25) is 5.32 Å². The number of urea groups is 1. The number of rotatable bonds is 4. The van der Waals surface area contributed by atoms with Crippen molar-refractivity contribution in [1.82, 2.24) is 4.98 Å². The van der Waals surface area contributed by atoms with Crippen molar-refractivity contribution in [2.45, 2.75) is 13.8 Å². The fourth-order valence-corrected chi connectivity index (χ4v) is 2.29. The van der Waals surface area contributed by atoms with Gasteiger partial charge in [-0.1, -0.05) is 12.1 Å². The van der Waals surface area contributed by atoms with Gasteiger partial charge in [-0.2, -0.15) is 0 Å². The Bertz CT molecular complexity index is 654. The molecule has 0 aliphatic rings. The standard InChI is InChI=1S/C14H15N3O3S/c1-3-20-12(18)11-8-21-14(16-11)17-13(19)15-10-6-4-5-9(2)7-10/h4-8H,3H2,1-2H3,(H2,15,16,17,19). The lowest BCUT2D eigenvalue weighted by atomic mass is 10.2. The van der Waals surface area contributed by atoms with Crippen LogP contribution in [0.25, 0.3) is 0 Å². The molecule has 1 aromatic heterocycles. The number of carbonyl (C=O) groups excluding carboxylic acids is 2. The van der Waals surface area contributed by atoms with E-state index in [-0.39, 0.29) is 12.3 Å². The predicted molar refractivity (Wildman–Crippen MR) is 81.9 cm³/mol. The summed E-state index contributed by atoms with van der Waals surface area (Å²) in [5.74, 6) is -0.499. The maximum Gasteiger partial charge on any atom is 0.357 e. The predicted octanol–water partition coefficient (Wildman–Crippen LogP) is 3.27. The molecule has 2 rings (SSSR count). The van der Waals surface area contributed by atoms with E-state index >= 15 is 0 Å². The molecule has 0 radical (unpaired) electrons. The highest BCUT2D eigenvalue weighted by atomic mass is 32.1. The number of hydrogen-bond acceptors (Lipinski definition) is 5. The molecule has 0 unspecified atom stereocenters. The molecule has 0 bridgehead atoms. The molecule has 6 nitrogen and oxygen atoms in total. The number of thiazole rings is 1. The molecule has 0 fully saturated rings. The molecule has 21 heavy (non-hydrogen) atoms. The smallest absolute Gasteiger partial charge is 0.357 e. The number of amides is 2. The van der Waals surface area contributed by atoms with E-state index in [1.54, 1.807) is 18.4 Å². The average molecular weight is 305 g/mol. The molecule has 7 heteroatoms. The number of aromatic nitrogens is 1. The first-order valence-electron chi connectivity index (χ1n) is 6.36. The molecule has 0 saturated heterocycles. The van der Waals surface area contributed by atoms with Crippen LogP contribution < -0.4 is 10.6 Å². The van der Waals surface area contributed by atoms with Gasteiger partial charge >= 0.3 is 12.0 Å². The van der Waals surface area contributed by atoms with Crippen LogP contribution in [0.4, 0.5) is 15.6 Å². The highest BCUT2D eigenvalue weighted by Crippen LogP contribution is 2.17. The fourth-order valence-electron chi connectivity index (χ4n) is 1.61. The molecule has 0 aliphatic heterocycles. The van der Waals surface area contributed by atoms with E-state index < -0.39 is 12.0 Å². The lowest BCUT2D eigenvalue weighted by Crippen LogP contribution is -2.19. The van der Waals surface area contributed by atoms with E-state index in [0.29, 0.717) is 10.8 Å². The van der Waals surface area contributed by atoms with Gasteiger partial charge in [-0.05, 0) is 31.5 Å². The Morgan fingerprint density at radius 3 is 2.86 bits per heavy atom. The van der Waals surface area contributed by atoms with Gasteiger partial charge in [0.1, 0.15) is 0 Å². The van der Waals surface area contributed by atoms with Crippen molar-refractivity contribution in [1.29, 1.82) is 0 Å². The first-order valence-corrected chi connectivity index (χ1v) is 7.23. The summed E-state index contributed by atoms with van der Waals surface area (Å²) in [5.41, 5.74) is 1.93. The molecule has 0 atom stereocenters. The second kappa shape index (κ2) is 6.85. The Morgan fingerprint density at radius 2 is 2.14 bits per heavy atom. The number of anilines is 2. The lowest BCUT2D eigenvalue weighted by Gasteiger charge is -2.05. The summed E-state index contributed by atoms with van der Waals surface area (Å²) in [4.78, 5) is 27.3. The summed E-state index contributed by atoms with van der Waals surface area (Å²) in [6, 6.07) is 7.03. The molecular formula is C14H15N3O3S. The Labute approximate surface area is 126 Å². The highest BCUT2D eigenvalue weighted by molar-refractivity contribution is 7.14. The topological polar surface area (TPSA) is 80.3 Å². The van der Waals surface area contributed by atoms with Crippen molar-refractivity contribution in [2.24, 2.45) is 0 Å². The quantitative estimate of drug-likeness (QED) is 0.850. The number of aryl methyl sites for hydroxylation is 1. The van der Waals surface area contributed by atoms with Crippen LogP contribution in [-0.4, -0.2) is 23.6 Å². The molecule has 2 aromatic rings. The third-order valence-corrected chi connectivity index (χ3v) is 3.24. The van der Waals surface area contributed by atoms with Gasteiger partial charge in [0.15, 0.2) is 10.8 Å². The van der Waals surface area contributed by atoms with E-state index in [4.69, 9.17) is 4.74 Å². The van der Waals surface area contributed by atoms with Crippen molar-refractivity contribution >= 4 is 34.2 Å². The lowest BCUT2D eigenvalue weighted by molar-refractivity contribution is 0.0520. The second-order valence-electron chi connectivity index (χ2n) is 4.21. The van der Waals surface area contributed by atoms with Gasteiger partial charge in [-0.25, -0.2) is 14.6 Å². The fraction of sp³-hybridized carbons (Fsp3) is 0.214. The van der Waals surface area contributed by atoms with Gasteiger partial charge in [-0.15, -0.1) is 11.3 Å². The van der Waals surface area contributed by atoms with E-state index in [0.717, 1.165) is 16.9 Å². The molecule has 2 N–H and O–H groups in total. The maximum absolute atomic E-state index is 11.8. The average Bonchev–Trinajstić information content (AvgIpc) is 2.87. The zero-order chi connectivity index (χ0) is 15.2. The van der Waals surface area contributed by atoms with Gasteiger partial charge in [0.2, 0.25) is 0 Å². The van der Waals surface area contributed by atoms with Gasteiger partial charge in [0.05, 0.1) is 6.61 Å². The molecule has 1 aromatic carbocycles. The molecule has 0 spiro atoms. The van der Waals surface area contributed by atoms with Gasteiger partial charge < -0.3 is 10.1 Å². The molecule has 0 aliphatic carbocycles. The van der Waals surface area contributed by atoms with Crippen LogP contribution in [0, 0.1) is 6.92 Å². The van der Waals surface area contributed by atoms with Gasteiger partial charge in [0, 0.05) is 11.1 Å². The Balaban J connectivity index is 1.95. The molecule has 0 saturated carbocycles. The molecule has 1 heterocycles. The van der Waals surface area contributed by atoms with Crippen LogP contribution in [0.2, 0.25) is 0 Å². The summed E-state index contributed by atoms with van der Waals surface area (Å²) >= 11 is 1.16. The van der Waals surface area contributed by atoms with Crippen molar-refractivity contribution < 1.29 is 14.3 Å². The van der Waals surface area contributed by atoms with E-state index in [9.17, 15) is 9.59 Å². The number of ether oxygens (including phenoxy) is 1. The number of hydrogen-bond donors (Lipinski definition) is 2. The molecule has 2 amide bonds. The number of nitrogens with zero attached hydrogens (tertiary/aromatic N) is 1. The SMILES string of the molecule is CCOC(=O)c1csc(NC(=O)Nc2cccc(C)c2)n1. The van der Waals surface area contributed by atoms with Crippen LogP contribution in [0.5, 0.6) is 0 Å². The maximum atomic E-state index is 11.8. The Hall–Kier alpha value is -2.41. The Morgan fingerprint density at radius 1 is 1.33 bits per heavy atom. The third kappa shape index (κ3) is 4.28. The summed E-state index contributed by atoms with van der Waals surface area (Å²) < 4.78 is 4.83. The minimum absolute atomic E-state index is 0.188. The normalized spacial score (nSPS) is 10.0. The van der Waals surface area contributed by atoms with Crippen LogP contribution in [-0.2, 0) is 4.74 Å². The number of carbonyl (C=O) groups is 2. The summed E-state index contributed by atoms with van der Waals surface area (Å²) in [6.45, 7) is 3.95. The second-order valence-corrected chi connectivity index (χ2v) is 5.07. The van der Waals surface area contributed by atoms with Crippen LogP contribution in [0.15, 0.2) is 29.6 Å². The summed E-state index contributed by atoms with van der Waals surface area (Å²) in [5, 5.41) is 7.15. The van der Waals surface area contributed by atoms with Crippen LogP contribution in [0.1, 0.15) is 23.0 Å². The zero-order valence-corrected chi connectivity index (χ0v) is 12.5. The first-order chi connectivity index (χ1) is 10.1. The van der Waals surface area contributed by atoms with E-state index in [2.05, 4.69) is 15.6 Å². The summed E-state index contributed by atoms with van der Waals surface area (Å²) in [7, 11) is 0. The monoisotopic (exact) mass is 305 g/mol. The van der Waals surface area contributed by atoms with Crippen molar-refractivity contribution in [2.75, 3.05) is 17.2 Å². The van der Waals surface area contributed by atoms with Crippen molar-refractivity contribution in [3.05, 3.63) is 40.9 Å². The van der Waals surface area contributed by atoms with E-state index in [1.165, 1.54) is 0 Å². The largest absolute Gasteiger partial charge is 0.461 e. The van der Waals surface area contributed by atoms with Crippen LogP contribution in [0.3, 0.4) is 0 Å². The highest BCUT2D eigenvalue weighted by Gasteiger charge is 2.13. The minimum Gasteiger partial charge on any atom is -0.461 e. The van der Waals surface area contributed by atoms with E-state index in [1.807, 2.05) is 25.1 Å². The first kappa shape index (κ1) is 15.0. The number of benzene rings is 1. The zero-order valence-electron chi connectivity index (χ0n) is 11.7. The summed E-state index contributed by atoms with van der Waals surface area (Å²) in [6.07, 6.45) is 0. The van der Waals surface area contributed by atoms with Crippen molar-refractivity contribution in [3.63, 3.8) is 0 Å². The number of nitrogens with one attached hydrogen (secondary N) is 2. The molecular weight excluding hydrogens is 290 g/mol. The Kier molecular flexibility index (Phi) is 4.89. The number of esters is 1. The minimum atomic E-state index is -0.499. The van der Waals surface area contributed by atoms with Gasteiger partial charge in [0.25, 0.3) is 0 Å². The molecule has 110 valence electrons. The third-order valence-electron chi connectivity index (χ3n) is 2.49. The van der Waals surface area contributed by atoms with Crippen LogP contribution >= 0.6 is 11.3 Å². The van der Waals surface area contributed by atoms with Crippen molar-refractivity contribution in [3.8, 4) is 0 Å².